The van der Waals surface area contributed by atoms with Crippen LogP contribution in [0.5, 0.6) is 5.75 Å². The third-order valence-electron chi connectivity index (χ3n) is 3.64. The minimum Gasteiger partial charge on any atom is -0.489 e. The predicted molar refractivity (Wildman–Crippen MR) is 83.1 cm³/mol. The number of hydrogen-bond donors (Lipinski definition) is 0. The first-order valence-electron chi connectivity index (χ1n) is 6.75. The molecule has 0 heterocycles. The lowest BCUT2D eigenvalue weighted by Crippen LogP contribution is -2.04. The average molecular weight is 348 g/mol. The first kappa shape index (κ1) is 14.1. The van der Waals surface area contributed by atoms with Crippen LogP contribution >= 0.6 is 15.9 Å². The van der Waals surface area contributed by atoms with E-state index in [1.54, 1.807) is 0 Å². The second-order valence-electron chi connectivity index (χ2n) is 5.15. The van der Waals surface area contributed by atoms with Crippen LogP contribution in [0.4, 0.5) is 0 Å². The van der Waals surface area contributed by atoms with Crippen LogP contribution in [0.1, 0.15) is 23.5 Å². The third kappa shape index (κ3) is 3.24. The summed E-state index contributed by atoms with van der Waals surface area (Å²) in [7, 11) is 0. The highest BCUT2D eigenvalue weighted by molar-refractivity contribution is 9.10. The van der Waals surface area contributed by atoms with E-state index in [-0.39, 0.29) is 10.8 Å². The van der Waals surface area contributed by atoms with Crippen molar-refractivity contribution in [1.82, 2.24) is 0 Å². The van der Waals surface area contributed by atoms with E-state index in [2.05, 4.69) is 15.9 Å². The molecule has 1 aliphatic rings. The molecule has 1 fully saturated rings. The number of nitro groups is 1. The van der Waals surface area contributed by atoms with Gasteiger partial charge in [-0.2, -0.15) is 0 Å². The minimum absolute atomic E-state index is 0.0386. The molecule has 0 radical (unpaired) electrons. The van der Waals surface area contributed by atoms with Gasteiger partial charge < -0.3 is 4.74 Å². The smallest absolute Gasteiger partial charge is 0.221 e. The molecule has 0 aromatic heterocycles. The van der Waals surface area contributed by atoms with E-state index in [4.69, 9.17) is 4.74 Å². The Labute approximate surface area is 131 Å². The van der Waals surface area contributed by atoms with Gasteiger partial charge in [0.25, 0.3) is 0 Å². The fraction of sp³-hybridized carbons (Fsp3) is 0.250. The first-order valence-corrected chi connectivity index (χ1v) is 7.54. The molecule has 21 heavy (non-hydrogen) atoms. The van der Waals surface area contributed by atoms with Gasteiger partial charge in [0, 0.05) is 21.4 Å². The molecule has 0 amide bonds. The largest absolute Gasteiger partial charge is 0.489 e. The molecule has 3 rings (SSSR count). The molecule has 108 valence electrons. The van der Waals surface area contributed by atoms with E-state index < -0.39 is 6.04 Å². The van der Waals surface area contributed by atoms with Crippen molar-refractivity contribution in [1.29, 1.82) is 0 Å². The van der Waals surface area contributed by atoms with Crippen molar-refractivity contribution in [2.75, 3.05) is 0 Å². The molecule has 2 atom stereocenters. The van der Waals surface area contributed by atoms with Crippen LogP contribution in [0.15, 0.2) is 53.0 Å². The second kappa shape index (κ2) is 5.85. The number of halogens is 1. The Morgan fingerprint density at radius 2 is 2.00 bits per heavy atom. The number of nitrogens with zero attached hydrogens (tertiary/aromatic N) is 1. The van der Waals surface area contributed by atoms with Crippen molar-refractivity contribution < 1.29 is 9.66 Å². The number of hydrogen-bond acceptors (Lipinski definition) is 3. The lowest BCUT2D eigenvalue weighted by atomic mass is 10.1. The van der Waals surface area contributed by atoms with Crippen molar-refractivity contribution in [3.63, 3.8) is 0 Å². The number of benzene rings is 2. The maximum absolute atomic E-state index is 10.9. The van der Waals surface area contributed by atoms with Crippen LogP contribution in [-0.4, -0.2) is 11.0 Å². The molecule has 0 bridgehead atoms. The molecule has 1 saturated carbocycles. The van der Waals surface area contributed by atoms with E-state index in [1.807, 2.05) is 48.5 Å². The maximum atomic E-state index is 10.9. The van der Waals surface area contributed by atoms with Gasteiger partial charge in [-0.3, -0.25) is 10.1 Å². The fourth-order valence-corrected chi connectivity index (χ4v) is 2.80. The van der Waals surface area contributed by atoms with Gasteiger partial charge >= 0.3 is 0 Å². The van der Waals surface area contributed by atoms with Crippen LogP contribution in [-0.2, 0) is 6.61 Å². The summed E-state index contributed by atoms with van der Waals surface area (Å²) in [4.78, 5) is 10.7. The minimum atomic E-state index is -0.474. The van der Waals surface area contributed by atoms with E-state index in [9.17, 15) is 10.1 Å². The zero-order valence-electron chi connectivity index (χ0n) is 11.2. The molecule has 0 saturated heterocycles. The summed E-state index contributed by atoms with van der Waals surface area (Å²) in [6, 6.07) is 15.1. The quantitative estimate of drug-likeness (QED) is 0.602. The summed E-state index contributed by atoms with van der Waals surface area (Å²) in [6.45, 7) is 0.464. The summed E-state index contributed by atoms with van der Waals surface area (Å²) in [6.07, 6.45) is 0.588. The standard InChI is InChI=1S/C16H14BrNO3/c17-12-6-7-16(21-10-11-4-2-1-3-5-11)14(8-12)13-9-15(13)18(19)20/h1-8,13,15H,9-10H2. The fourth-order valence-electron chi connectivity index (χ4n) is 2.42. The topological polar surface area (TPSA) is 52.4 Å². The molecule has 0 N–H and O–H groups in total. The van der Waals surface area contributed by atoms with Gasteiger partial charge in [0.1, 0.15) is 12.4 Å². The van der Waals surface area contributed by atoms with Crippen molar-refractivity contribution in [2.24, 2.45) is 0 Å². The lowest BCUT2D eigenvalue weighted by molar-refractivity contribution is -0.496. The molecule has 0 spiro atoms. The molecule has 2 aromatic rings. The Bertz CT molecular complexity index is 660. The molecule has 2 unspecified atom stereocenters. The van der Waals surface area contributed by atoms with Gasteiger partial charge in [-0.05, 0) is 23.8 Å². The SMILES string of the molecule is O=[N+]([O-])C1CC1c1cc(Br)ccc1OCc1ccccc1. The van der Waals surface area contributed by atoms with Crippen molar-refractivity contribution in [3.05, 3.63) is 74.2 Å². The third-order valence-corrected chi connectivity index (χ3v) is 4.13. The Morgan fingerprint density at radius 3 is 2.67 bits per heavy atom. The van der Waals surface area contributed by atoms with E-state index >= 15 is 0 Å². The Kier molecular flexibility index (Phi) is 3.92. The normalized spacial score (nSPS) is 20.0. The van der Waals surface area contributed by atoms with Crippen LogP contribution < -0.4 is 4.74 Å². The summed E-state index contributed by atoms with van der Waals surface area (Å²) >= 11 is 3.42. The Balaban J connectivity index is 1.77. The van der Waals surface area contributed by atoms with Crippen LogP contribution in [0.25, 0.3) is 0 Å². The summed E-state index contributed by atoms with van der Waals surface area (Å²) < 4.78 is 6.78. The van der Waals surface area contributed by atoms with Gasteiger partial charge in [-0.15, -0.1) is 0 Å². The van der Waals surface area contributed by atoms with Gasteiger partial charge in [0.2, 0.25) is 6.04 Å². The van der Waals surface area contributed by atoms with Gasteiger partial charge in [0.05, 0.1) is 5.92 Å². The summed E-state index contributed by atoms with van der Waals surface area (Å²) in [5.74, 6) is 0.694. The maximum Gasteiger partial charge on any atom is 0.221 e. The molecular formula is C16H14BrNO3. The molecule has 1 aliphatic carbocycles. The lowest BCUT2D eigenvalue weighted by Gasteiger charge is -2.11. The van der Waals surface area contributed by atoms with E-state index in [0.29, 0.717) is 13.0 Å². The van der Waals surface area contributed by atoms with Crippen molar-refractivity contribution >= 4 is 15.9 Å². The Hall–Kier alpha value is -1.88. The molecule has 2 aromatic carbocycles. The van der Waals surface area contributed by atoms with Crippen LogP contribution in [0.2, 0.25) is 0 Å². The van der Waals surface area contributed by atoms with Crippen LogP contribution in [0.3, 0.4) is 0 Å². The molecule has 0 aliphatic heterocycles. The number of ether oxygens (including phenoxy) is 1. The molecule has 4 nitrogen and oxygen atoms in total. The summed E-state index contributed by atoms with van der Waals surface area (Å²) in [5.41, 5.74) is 2.00. The highest BCUT2D eigenvalue weighted by Crippen LogP contribution is 2.47. The molecule has 5 heteroatoms. The van der Waals surface area contributed by atoms with Gasteiger partial charge in [0.15, 0.2) is 0 Å². The number of rotatable bonds is 5. The van der Waals surface area contributed by atoms with Crippen LogP contribution in [0, 0.1) is 10.1 Å². The van der Waals surface area contributed by atoms with Crippen molar-refractivity contribution in [3.8, 4) is 5.75 Å². The van der Waals surface area contributed by atoms with Gasteiger partial charge in [-0.1, -0.05) is 46.3 Å². The zero-order chi connectivity index (χ0) is 14.8. The van der Waals surface area contributed by atoms with Gasteiger partial charge in [-0.25, -0.2) is 0 Å². The molecular weight excluding hydrogens is 334 g/mol. The van der Waals surface area contributed by atoms with E-state index in [1.165, 1.54) is 0 Å². The van der Waals surface area contributed by atoms with E-state index in [0.717, 1.165) is 21.3 Å². The monoisotopic (exact) mass is 347 g/mol. The second-order valence-corrected chi connectivity index (χ2v) is 6.07. The van der Waals surface area contributed by atoms with Crippen molar-refractivity contribution in [2.45, 2.75) is 25.0 Å². The predicted octanol–water partition coefficient (Wildman–Crippen LogP) is 4.16. The average Bonchev–Trinajstić information content (AvgIpc) is 3.27. The highest BCUT2D eigenvalue weighted by atomic mass is 79.9. The summed E-state index contributed by atoms with van der Waals surface area (Å²) in [5, 5.41) is 10.9. The first-order chi connectivity index (χ1) is 10.1. The highest BCUT2D eigenvalue weighted by Gasteiger charge is 2.50. The zero-order valence-corrected chi connectivity index (χ0v) is 12.8. The Morgan fingerprint density at radius 1 is 1.24 bits per heavy atom.